The first kappa shape index (κ1) is 33.9. The first-order valence-corrected chi connectivity index (χ1v) is 18.1. The summed E-state index contributed by atoms with van der Waals surface area (Å²) in [5, 5.41) is 3.96. The van der Waals surface area contributed by atoms with Crippen LogP contribution in [0.15, 0.2) is 66.7 Å². The molecule has 1 fully saturated rings. The van der Waals surface area contributed by atoms with Crippen molar-refractivity contribution in [2.45, 2.75) is 63.6 Å². The summed E-state index contributed by atoms with van der Waals surface area (Å²) in [5.74, 6) is 0.469. The summed E-state index contributed by atoms with van der Waals surface area (Å²) < 4.78 is 38.2. The zero-order chi connectivity index (χ0) is 32.7. The number of ether oxygens (including phenoxy) is 2. The van der Waals surface area contributed by atoms with Crippen molar-refractivity contribution in [3.05, 3.63) is 87.9 Å². The molecule has 1 aliphatic carbocycles. The average Bonchev–Trinajstić information content (AvgIpc) is 3.55. The van der Waals surface area contributed by atoms with Crippen LogP contribution in [-0.2, 0) is 32.6 Å². The molecule has 5 rings (SSSR count). The third-order valence-electron chi connectivity index (χ3n) is 8.33. The second-order valence-corrected chi connectivity index (χ2v) is 14.4. The number of amides is 2. The SMILES string of the molecule is CS(=O)(=O)N(CCCC(=O)N(Cc1c(Cl)cccc1Cl)C(Cc1ccccc1)C(=O)NC1CCCC1)c1ccc2c(c1)OCCO2. The molecule has 3 aromatic rings. The van der Waals surface area contributed by atoms with E-state index in [1.54, 1.807) is 41.3 Å². The second kappa shape index (κ2) is 15.4. The number of anilines is 1. The summed E-state index contributed by atoms with van der Waals surface area (Å²) >= 11 is 13.1. The molecule has 246 valence electrons. The van der Waals surface area contributed by atoms with Gasteiger partial charge in [0.1, 0.15) is 19.3 Å². The highest BCUT2D eigenvalue weighted by Gasteiger charge is 2.33. The highest BCUT2D eigenvalue weighted by Crippen LogP contribution is 2.35. The van der Waals surface area contributed by atoms with Crippen molar-refractivity contribution in [1.29, 1.82) is 0 Å². The van der Waals surface area contributed by atoms with E-state index in [0.717, 1.165) is 37.5 Å². The molecule has 0 radical (unpaired) electrons. The van der Waals surface area contributed by atoms with E-state index in [9.17, 15) is 18.0 Å². The lowest BCUT2D eigenvalue weighted by atomic mass is 10.0. The van der Waals surface area contributed by atoms with Crippen molar-refractivity contribution in [3.63, 3.8) is 0 Å². The lowest BCUT2D eigenvalue weighted by Crippen LogP contribution is -2.52. The van der Waals surface area contributed by atoms with Crippen molar-refractivity contribution in [2.75, 3.05) is 30.3 Å². The van der Waals surface area contributed by atoms with Crippen LogP contribution in [0.1, 0.15) is 49.7 Å². The van der Waals surface area contributed by atoms with E-state index >= 15 is 0 Å². The summed E-state index contributed by atoms with van der Waals surface area (Å²) in [6, 6.07) is 18.9. The van der Waals surface area contributed by atoms with Crippen LogP contribution in [0.3, 0.4) is 0 Å². The maximum absolute atomic E-state index is 14.2. The van der Waals surface area contributed by atoms with Crippen LogP contribution in [0.4, 0.5) is 5.69 Å². The molecule has 1 unspecified atom stereocenters. The molecule has 46 heavy (non-hydrogen) atoms. The fraction of sp³-hybridized carbons (Fsp3) is 0.412. The van der Waals surface area contributed by atoms with Gasteiger partial charge in [-0.25, -0.2) is 8.42 Å². The molecule has 0 aromatic heterocycles. The van der Waals surface area contributed by atoms with E-state index in [1.807, 2.05) is 30.3 Å². The zero-order valence-corrected chi connectivity index (χ0v) is 28.1. The van der Waals surface area contributed by atoms with Crippen LogP contribution in [0.25, 0.3) is 0 Å². The molecule has 0 saturated heterocycles. The van der Waals surface area contributed by atoms with E-state index in [2.05, 4.69) is 5.32 Å². The molecule has 9 nitrogen and oxygen atoms in total. The number of benzene rings is 3. The van der Waals surface area contributed by atoms with Crippen molar-refractivity contribution >= 4 is 50.7 Å². The van der Waals surface area contributed by atoms with E-state index in [-0.39, 0.29) is 43.8 Å². The molecule has 2 aliphatic rings. The summed E-state index contributed by atoms with van der Waals surface area (Å²) in [6.45, 7) is 0.852. The summed E-state index contributed by atoms with van der Waals surface area (Å²) in [7, 11) is -3.69. The molecular weight excluding hydrogens is 649 g/mol. The van der Waals surface area contributed by atoms with Crippen LogP contribution >= 0.6 is 23.2 Å². The van der Waals surface area contributed by atoms with Crippen molar-refractivity contribution in [1.82, 2.24) is 10.2 Å². The van der Waals surface area contributed by atoms with Gasteiger partial charge in [0.2, 0.25) is 21.8 Å². The van der Waals surface area contributed by atoms with Gasteiger partial charge in [-0.15, -0.1) is 0 Å². The third kappa shape index (κ3) is 8.66. The van der Waals surface area contributed by atoms with Crippen LogP contribution in [0, 0.1) is 0 Å². The maximum atomic E-state index is 14.2. The van der Waals surface area contributed by atoms with Gasteiger partial charge in [-0.05, 0) is 49.1 Å². The first-order chi connectivity index (χ1) is 22.1. The molecule has 2 amide bonds. The lowest BCUT2D eigenvalue weighted by molar-refractivity contribution is -0.141. The van der Waals surface area contributed by atoms with Gasteiger partial charge in [-0.1, -0.05) is 72.4 Å². The number of hydrogen-bond donors (Lipinski definition) is 1. The third-order valence-corrected chi connectivity index (χ3v) is 10.2. The lowest BCUT2D eigenvalue weighted by Gasteiger charge is -2.33. The number of sulfonamides is 1. The van der Waals surface area contributed by atoms with Gasteiger partial charge in [-0.2, -0.15) is 0 Å². The topological polar surface area (TPSA) is 105 Å². The Hall–Kier alpha value is -3.47. The Morgan fingerprint density at radius 3 is 2.28 bits per heavy atom. The number of hydrogen-bond acceptors (Lipinski definition) is 6. The standard InChI is InChI=1S/C34H39Cl2N3O6S/c1-46(42,43)39(26-16-17-31-32(22-26)45-20-19-44-31)18-8-15-33(40)38(23-27-28(35)13-7-14-29(27)36)30(21-24-9-3-2-4-10-24)34(41)37-25-11-5-6-12-25/h2-4,7,9-10,13-14,16-17,22,25,30H,5-6,8,11-12,15,18-21,23H2,1H3,(H,37,41). The molecule has 12 heteroatoms. The number of rotatable bonds is 13. The summed E-state index contributed by atoms with van der Waals surface area (Å²) in [6.07, 6.45) is 5.50. The van der Waals surface area contributed by atoms with Crippen LogP contribution in [0.5, 0.6) is 11.5 Å². The highest BCUT2D eigenvalue weighted by atomic mass is 35.5. The summed E-state index contributed by atoms with van der Waals surface area (Å²) in [4.78, 5) is 29.6. The molecule has 0 bridgehead atoms. The Bertz CT molecular complexity index is 1610. The summed E-state index contributed by atoms with van der Waals surface area (Å²) in [5.41, 5.74) is 1.86. The van der Waals surface area contributed by atoms with Crippen molar-refractivity contribution in [3.8, 4) is 11.5 Å². The molecule has 0 spiro atoms. The largest absolute Gasteiger partial charge is 0.486 e. The van der Waals surface area contributed by atoms with Gasteiger partial charge >= 0.3 is 0 Å². The molecule has 1 heterocycles. The van der Waals surface area contributed by atoms with E-state index in [4.69, 9.17) is 32.7 Å². The van der Waals surface area contributed by atoms with Gasteiger partial charge in [0.15, 0.2) is 11.5 Å². The van der Waals surface area contributed by atoms with E-state index in [1.165, 1.54) is 4.31 Å². The fourth-order valence-electron chi connectivity index (χ4n) is 5.97. The Morgan fingerprint density at radius 1 is 0.935 bits per heavy atom. The predicted molar refractivity (Wildman–Crippen MR) is 180 cm³/mol. The Morgan fingerprint density at radius 2 is 1.61 bits per heavy atom. The number of carbonyl (C=O) groups is 2. The minimum Gasteiger partial charge on any atom is -0.486 e. The fourth-order valence-corrected chi connectivity index (χ4v) is 7.44. The Balaban J connectivity index is 1.40. The second-order valence-electron chi connectivity index (χ2n) is 11.7. The number of halogens is 2. The van der Waals surface area contributed by atoms with Gasteiger partial charge in [0, 0.05) is 53.6 Å². The van der Waals surface area contributed by atoms with Gasteiger partial charge < -0.3 is 19.7 Å². The zero-order valence-electron chi connectivity index (χ0n) is 25.8. The average molecular weight is 689 g/mol. The highest BCUT2D eigenvalue weighted by molar-refractivity contribution is 7.92. The molecule has 1 saturated carbocycles. The van der Waals surface area contributed by atoms with Crippen LogP contribution in [0.2, 0.25) is 10.0 Å². The smallest absolute Gasteiger partial charge is 0.243 e. The number of nitrogens with one attached hydrogen (secondary N) is 1. The Labute approximate surface area is 280 Å². The van der Waals surface area contributed by atoms with E-state index in [0.29, 0.717) is 52.4 Å². The first-order valence-electron chi connectivity index (χ1n) is 15.5. The monoisotopic (exact) mass is 687 g/mol. The molecule has 1 atom stereocenters. The van der Waals surface area contributed by atoms with Crippen LogP contribution in [-0.4, -0.2) is 63.2 Å². The van der Waals surface area contributed by atoms with Crippen molar-refractivity contribution in [2.24, 2.45) is 0 Å². The molecule has 3 aromatic carbocycles. The number of nitrogens with zero attached hydrogens (tertiary/aromatic N) is 2. The van der Waals surface area contributed by atoms with Gasteiger partial charge in [0.05, 0.1) is 11.9 Å². The minimum absolute atomic E-state index is 0.0133. The Kier molecular flexibility index (Phi) is 11.4. The van der Waals surface area contributed by atoms with Crippen molar-refractivity contribution < 1.29 is 27.5 Å². The molecule has 1 aliphatic heterocycles. The number of carbonyl (C=O) groups excluding carboxylic acids is 2. The van der Waals surface area contributed by atoms with E-state index < -0.39 is 16.1 Å². The quantitative estimate of drug-likeness (QED) is 0.236. The number of fused-ring (bicyclic) bond motifs is 1. The van der Waals surface area contributed by atoms with Gasteiger partial charge in [-0.3, -0.25) is 13.9 Å². The maximum Gasteiger partial charge on any atom is 0.243 e. The molecular formula is C34H39Cl2N3O6S. The molecule has 1 N–H and O–H groups in total. The normalized spacial score (nSPS) is 15.3. The van der Waals surface area contributed by atoms with Gasteiger partial charge in [0.25, 0.3) is 0 Å². The van der Waals surface area contributed by atoms with Crippen LogP contribution < -0.4 is 19.1 Å². The predicted octanol–water partition coefficient (Wildman–Crippen LogP) is 6.01. The minimum atomic E-state index is -3.69.